The van der Waals surface area contributed by atoms with Gasteiger partial charge in [-0.1, -0.05) is 29.8 Å². The topological polar surface area (TPSA) is 20.3 Å². The molecule has 1 aliphatic rings. The highest BCUT2D eigenvalue weighted by Crippen LogP contribution is 2.34. The van der Waals surface area contributed by atoms with Crippen molar-refractivity contribution in [3.63, 3.8) is 0 Å². The fraction of sp³-hybridized carbons (Fsp3) is 0.188. The second-order valence-electron chi connectivity index (χ2n) is 4.98. The maximum Gasteiger partial charge on any atom is 0.259 e. The number of carbonyl (C=O) groups is 1. The summed E-state index contributed by atoms with van der Waals surface area (Å²) in [4.78, 5) is 14.7. The Morgan fingerprint density at radius 3 is 2.80 bits per heavy atom. The molecular formula is C16H13BrClNO. The van der Waals surface area contributed by atoms with Gasteiger partial charge in [0.2, 0.25) is 0 Å². The summed E-state index contributed by atoms with van der Waals surface area (Å²) >= 11 is 9.36. The van der Waals surface area contributed by atoms with Crippen molar-refractivity contribution < 1.29 is 4.79 Å². The summed E-state index contributed by atoms with van der Waals surface area (Å²) < 4.78 is 0.728. The zero-order chi connectivity index (χ0) is 14.3. The molecule has 0 radical (unpaired) electrons. The third kappa shape index (κ3) is 2.25. The van der Waals surface area contributed by atoms with Gasteiger partial charge < -0.3 is 4.90 Å². The summed E-state index contributed by atoms with van der Waals surface area (Å²) in [5.74, 6) is 0.00555. The molecule has 0 fully saturated rings. The fourth-order valence-corrected chi connectivity index (χ4v) is 3.52. The summed E-state index contributed by atoms with van der Waals surface area (Å²) in [6.07, 6.45) is 0.896. The van der Waals surface area contributed by atoms with E-state index in [1.54, 1.807) is 18.2 Å². The highest BCUT2D eigenvalue weighted by Gasteiger charge is 2.31. The predicted octanol–water partition coefficient (Wildman–Crippen LogP) is 4.69. The second kappa shape index (κ2) is 5.23. The van der Waals surface area contributed by atoms with E-state index in [-0.39, 0.29) is 11.9 Å². The van der Waals surface area contributed by atoms with Gasteiger partial charge in [-0.2, -0.15) is 0 Å². The van der Waals surface area contributed by atoms with Crippen LogP contribution in [-0.2, 0) is 6.42 Å². The van der Waals surface area contributed by atoms with Gasteiger partial charge in [0, 0.05) is 21.2 Å². The molecule has 102 valence electrons. The van der Waals surface area contributed by atoms with Gasteiger partial charge in [0.1, 0.15) is 0 Å². The lowest BCUT2D eigenvalue weighted by atomic mass is 10.1. The lowest BCUT2D eigenvalue weighted by Crippen LogP contribution is -2.35. The third-order valence-corrected chi connectivity index (χ3v) is 4.48. The number of para-hydroxylation sites is 1. The minimum atomic E-state index is 0.00555. The first-order valence-electron chi connectivity index (χ1n) is 6.44. The average molecular weight is 351 g/mol. The number of carbonyl (C=O) groups excluding carboxylic acids is 1. The smallest absolute Gasteiger partial charge is 0.259 e. The molecule has 1 heterocycles. The monoisotopic (exact) mass is 349 g/mol. The Morgan fingerprint density at radius 2 is 2.05 bits per heavy atom. The maximum atomic E-state index is 12.8. The van der Waals surface area contributed by atoms with Crippen molar-refractivity contribution >= 4 is 39.1 Å². The van der Waals surface area contributed by atoms with E-state index in [0.29, 0.717) is 10.6 Å². The van der Waals surface area contributed by atoms with E-state index in [9.17, 15) is 4.79 Å². The number of nitrogens with zero attached hydrogens (tertiary/aromatic N) is 1. The molecule has 20 heavy (non-hydrogen) atoms. The molecule has 0 aliphatic carbocycles. The standard InChI is InChI=1S/C16H13BrClNO/c1-10-8-11-4-2-3-5-15(11)19(10)16(20)13-7-6-12(18)9-14(13)17/h2-7,9-10H,8H2,1H3. The molecule has 2 aromatic carbocycles. The third-order valence-electron chi connectivity index (χ3n) is 3.59. The summed E-state index contributed by atoms with van der Waals surface area (Å²) in [6.45, 7) is 2.07. The molecular weight excluding hydrogens is 338 g/mol. The van der Waals surface area contributed by atoms with Crippen molar-refractivity contribution in [1.29, 1.82) is 0 Å². The molecule has 1 aliphatic heterocycles. The number of benzene rings is 2. The van der Waals surface area contributed by atoms with Crippen molar-refractivity contribution in [1.82, 2.24) is 0 Å². The van der Waals surface area contributed by atoms with E-state index < -0.39 is 0 Å². The Kier molecular flexibility index (Phi) is 3.57. The Labute approximate surface area is 131 Å². The van der Waals surface area contributed by atoms with E-state index in [1.165, 1.54) is 5.56 Å². The largest absolute Gasteiger partial charge is 0.305 e. The van der Waals surface area contributed by atoms with Crippen LogP contribution < -0.4 is 4.90 Å². The van der Waals surface area contributed by atoms with Gasteiger partial charge in [-0.15, -0.1) is 0 Å². The highest BCUT2D eigenvalue weighted by molar-refractivity contribution is 9.10. The van der Waals surface area contributed by atoms with E-state index >= 15 is 0 Å². The van der Waals surface area contributed by atoms with Gasteiger partial charge in [0.05, 0.1) is 5.56 Å². The number of hydrogen-bond acceptors (Lipinski definition) is 1. The molecule has 0 saturated carbocycles. The first-order valence-corrected chi connectivity index (χ1v) is 7.61. The number of hydrogen-bond donors (Lipinski definition) is 0. The van der Waals surface area contributed by atoms with Gasteiger partial charge in [-0.05, 0) is 59.1 Å². The van der Waals surface area contributed by atoms with Crippen LogP contribution in [-0.4, -0.2) is 11.9 Å². The van der Waals surface area contributed by atoms with E-state index in [2.05, 4.69) is 28.9 Å². The van der Waals surface area contributed by atoms with Crippen LogP contribution in [0.5, 0.6) is 0 Å². The van der Waals surface area contributed by atoms with Gasteiger partial charge in [0.25, 0.3) is 5.91 Å². The number of anilines is 1. The molecule has 1 amide bonds. The van der Waals surface area contributed by atoms with Gasteiger partial charge in [-0.3, -0.25) is 4.79 Å². The minimum absolute atomic E-state index is 0.00555. The van der Waals surface area contributed by atoms with E-state index in [1.807, 2.05) is 23.1 Å². The molecule has 1 unspecified atom stereocenters. The normalized spacial score (nSPS) is 17.1. The van der Waals surface area contributed by atoms with Crippen molar-refractivity contribution in [3.05, 3.63) is 63.1 Å². The lowest BCUT2D eigenvalue weighted by molar-refractivity contribution is 0.0981. The highest BCUT2D eigenvalue weighted by atomic mass is 79.9. The molecule has 1 atom stereocenters. The van der Waals surface area contributed by atoms with Crippen LogP contribution in [0.25, 0.3) is 0 Å². The molecule has 3 rings (SSSR count). The van der Waals surface area contributed by atoms with Crippen LogP contribution in [0.15, 0.2) is 46.9 Å². The minimum Gasteiger partial charge on any atom is -0.305 e. The molecule has 0 spiro atoms. The molecule has 2 aromatic rings. The molecule has 4 heteroatoms. The zero-order valence-electron chi connectivity index (χ0n) is 10.9. The SMILES string of the molecule is CC1Cc2ccccc2N1C(=O)c1ccc(Cl)cc1Br. The molecule has 0 N–H and O–H groups in total. The fourth-order valence-electron chi connectivity index (χ4n) is 2.67. The van der Waals surface area contributed by atoms with Gasteiger partial charge in [-0.25, -0.2) is 0 Å². The average Bonchev–Trinajstić information content (AvgIpc) is 2.73. The summed E-state index contributed by atoms with van der Waals surface area (Å²) in [5, 5.41) is 0.614. The first-order chi connectivity index (χ1) is 9.58. The van der Waals surface area contributed by atoms with Crippen LogP contribution in [0.3, 0.4) is 0 Å². The summed E-state index contributed by atoms with van der Waals surface area (Å²) in [5.41, 5.74) is 2.86. The van der Waals surface area contributed by atoms with Crippen LogP contribution in [0, 0.1) is 0 Å². The van der Waals surface area contributed by atoms with Crippen LogP contribution in [0.2, 0.25) is 5.02 Å². The Bertz CT molecular complexity index is 686. The van der Waals surface area contributed by atoms with Crippen molar-refractivity contribution in [2.75, 3.05) is 4.90 Å². The van der Waals surface area contributed by atoms with Crippen molar-refractivity contribution in [2.45, 2.75) is 19.4 Å². The first kappa shape index (κ1) is 13.7. The lowest BCUT2D eigenvalue weighted by Gasteiger charge is -2.23. The van der Waals surface area contributed by atoms with Gasteiger partial charge in [0.15, 0.2) is 0 Å². The van der Waals surface area contributed by atoms with Gasteiger partial charge >= 0.3 is 0 Å². The molecule has 0 bridgehead atoms. The summed E-state index contributed by atoms with van der Waals surface area (Å²) in [6, 6.07) is 13.5. The van der Waals surface area contributed by atoms with Crippen LogP contribution in [0.4, 0.5) is 5.69 Å². The number of fused-ring (bicyclic) bond motifs is 1. The second-order valence-corrected chi connectivity index (χ2v) is 6.27. The van der Waals surface area contributed by atoms with Crippen LogP contribution in [0.1, 0.15) is 22.8 Å². The van der Waals surface area contributed by atoms with Crippen molar-refractivity contribution in [2.24, 2.45) is 0 Å². The Morgan fingerprint density at radius 1 is 1.30 bits per heavy atom. The maximum absolute atomic E-state index is 12.8. The van der Waals surface area contributed by atoms with Crippen LogP contribution >= 0.6 is 27.5 Å². The van der Waals surface area contributed by atoms with Crippen molar-refractivity contribution in [3.8, 4) is 0 Å². The Hall–Kier alpha value is -1.32. The predicted molar refractivity (Wildman–Crippen MR) is 85.6 cm³/mol. The molecule has 0 aromatic heterocycles. The molecule has 0 saturated heterocycles. The number of amides is 1. The Balaban J connectivity index is 2.03. The molecule has 2 nitrogen and oxygen atoms in total. The van der Waals surface area contributed by atoms with E-state index in [0.717, 1.165) is 16.6 Å². The number of halogens is 2. The summed E-state index contributed by atoms with van der Waals surface area (Å²) in [7, 11) is 0. The zero-order valence-corrected chi connectivity index (χ0v) is 13.3. The van der Waals surface area contributed by atoms with E-state index in [4.69, 9.17) is 11.6 Å². The quantitative estimate of drug-likeness (QED) is 0.730. The number of rotatable bonds is 1.